The average molecular weight is 388 g/mol. The maximum Gasteiger partial charge on any atom is 0.271 e. The monoisotopic (exact) mass is 388 g/mol. The summed E-state index contributed by atoms with van der Waals surface area (Å²) in [5.74, 6) is -0.0792. The van der Waals surface area contributed by atoms with Crippen molar-refractivity contribution in [3.63, 3.8) is 0 Å². The zero-order valence-electron chi connectivity index (χ0n) is 13.7. The Morgan fingerprint density at radius 3 is 2.77 bits per heavy atom. The van der Waals surface area contributed by atoms with Crippen LogP contribution in [-0.4, -0.2) is 36.0 Å². The molecule has 1 aliphatic heterocycles. The molecule has 0 saturated heterocycles. The first-order valence-corrected chi connectivity index (χ1v) is 10.4. The molecule has 0 fully saturated rings. The lowest BCUT2D eigenvalue weighted by atomic mass is 10.1. The number of thiophene rings is 1. The van der Waals surface area contributed by atoms with Gasteiger partial charge in [-0.05, 0) is 35.7 Å². The Balaban J connectivity index is 1.47. The molecule has 2 aromatic heterocycles. The molecule has 3 heterocycles. The number of H-pyrrole nitrogens is 1. The lowest BCUT2D eigenvalue weighted by molar-refractivity contribution is 0.0734. The van der Waals surface area contributed by atoms with Crippen molar-refractivity contribution in [1.82, 2.24) is 15.1 Å². The van der Waals surface area contributed by atoms with E-state index in [0.29, 0.717) is 24.3 Å². The van der Waals surface area contributed by atoms with Gasteiger partial charge in [-0.25, -0.2) is 8.42 Å². The summed E-state index contributed by atoms with van der Waals surface area (Å²) in [6, 6.07) is 9.71. The molecule has 0 bridgehead atoms. The molecule has 9 heteroatoms. The molecule has 7 nitrogen and oxygen atoms in total. The summed E-state index contributed by atoms with van der Waals surface area (Å²) in [5.41, 5.74) is 3.05. The molecule has 2 N–H and O–H groups in total. The highest BCUT2D eigenvalue weighted by molar-refractivity contribution is 7.94. The lowest BCUT2D eigenvalue weighted by Crippen LogP contribution is -2.35. The van der Waals surface area contributed by atoms with Gasteiger partial charge in [0.25, 0.3) is 15.9 Å². The van der Waals surface area contributed by atoms with Crippen LogP contribution in [0.3, 0.4) is 0 Å². The van der Waals surface area contributed by atoms with Crippen molar-refractivity contribution >= 4 is 33.0 Å². The molecule has 0 unspecified atom stereocenters. The summed E-state index contributed by atoms with van der Waals surface area (Å²) in [6.07, 6.45) is 2.50. The van der Waals surface area contributed by atoms with Gasteiger partial charge < -0.3 is 4.90 Å². The van der Waals surface area contributed by atoms with Crippen LogP contribution < -0.4 is 4.72 Å². The molecule has 134 valence electrons. The Morgan fingerprint density at radius 1 is 1.23 bits per heavy atom. The number of nitrogens with one attached hydrogen (secondary N) is 2. The summed E-state index contributed by atoms with van der Waals surface area (Å²) in [4.78, 5) is 14.4. The number of aromatic amines is 1. The zero-order valence-corrected chi connectivity index (χ0v) is 15.3. The summed E-state index contributed by atoms with van der Waals surface area (Å²) in [7, 11) is -3.59. The number of hydrogen-bond donors (Lipinski definition) is 2. The van der Waals surface area contributed by atoms with Crippen LogP contribution in [0.2, 0.25) is 0 Å². The van der Waals surface area contributed by atoms with E-state index in [0.717, 1.165) is 29.0 Å². The Morgan fingerprint density at radius 2 is 2.04 bits per heavy atom. The van der Waals surface area contributed by atoms with Gasteiger partial charge in [0, 0.05) is 42.0 Å². The van der Waals surface area contributed by atoms with Crippen molar-refractivity contribution in [2.24, 2.45) is 0 Å². The summed E-state index contributed by atoms with van der Waals surface area (Å²) in [6.45, 7) is 1.15. The molecule has 0 saturated carbocycles. The number of aromatic nitrogens is 2. The second-order valence-corrected chi connectivity index (χ2v) is 8.82. The van der Waals surface area contributed by atoms with Crippen molar-refractivity contribution in [3.05, 3.63) is 64.8 Å². The van der Waals surface area contributed by atoms with Crippen LogP contribution in [0.15, 0.2) is 52.2 Å². The van der Waals surface area contributed by atoms with Gasteiger partial charge in [0.05, 0.1) is 6.20 Å². The topological polar surface area (TPSA) is 95.2 Å². The Kier molecular flexibility index (Phi) is 4.25. The fourth-order valence-electron chi connectivity index (χ4n) is 2.88. The van der Waals surface area contributed by atoms with Gasteiger partial charge in [-0.3, -0.25) is 14.6 Å². The SMILES string of the molecule is O=C(c1ccc(NS(=O)(=O)c2cccs2)cc1)N1CCc2[nH]ncc2C1. The van der Waals surface area contributed by atoms with Crippen molar-refractivity contribution in [1.29, 1.82) is 0 Å². The highest BCUT2D eigenvalue weighted by Gasteiger charge is 2.23. The minimum atomic E-state index is -3.59. The fourth-order valence-corrected chi connectivity index (χ4v) is 4.93. The predicted molar refractivity (Wildman–Crippen MR) is 98.6 cm³/mol. The van der Waals surface area contributed by atoms with Crippen molar-refractivity contribution in [3.8, 4) is 0 Å². The van der Waals surface area contributed by atoms with E-state index in [1.165, 1.54) is 0 Å². The van der Waals surface area contributed by atoms with Crippen molar-refractivity contribution in [2.75, 3.05) is 11.3 Å². The van der Waals surface area contributed by atoms with E-state index >= 15 is 0 Å². The summed E-state index contributed by atoms with van der Waals surface area (Å²) >= 11 is 1.15. The van der Waals surface area contributed by atoms with Crippen LogP contribution in [-0.2, 0) is 23.0 Å². The highest BCUT2D eigenvalue weighted by atomic mass is 32.2. The molecule has 0 radical (unpaired) electrons. The molecule has 0 aliphatic carbocycles. The van der Waals surface area contributed by atoms with E-state index in [-0.39, 0.29) is 10.1 Å². The van der Waals surface area contributed by atoms with Gasteiger partial charge in [-0.15, -0.1) is 11.3 Å². The fraction of sp³-hybridized carbons (Fsp3) is 0.176. The number of nitrogens with zero attached hydrogens (tertiary/aromatic N) is 2. The number of rotatable bonds is 4. The third-order valence-corrected chi connectivity index (χ3v) is 7.01. The summed E-state index contributed by atoms with van der Waals surface area (Å²) in [5, 5.41) is 8.66. The molecule has 3 aromatic rings. The normalized spacial score (nSPS) is 14.1. The van der Waals surface area contributed by atoms with Gasteiger partial charge in [0.2, 0.25) is 0 Å². The first kappa shape index (κ1) is 16.8. The summed E-state index contributed by atoms with van der Waals surface area (Å²) < 4.78 is 27.2. The Labute approximate surface area is 154 Å². The van der Waals surface area contributed by atoms with Gasteiger partial charge in [-0.2, -0.15) is 5.10 Å². The number of benzene rings is 1. The molecule has 0 spiro atoms. The molecule has 1 aliphatic rings. The van der Waals surface area contributed by atoms with E-state index in [4.69, 9.17) is 0 Å². The van der Waals surface area contributed by atoms with E-state index in [9.17, 15) is 13.2 Å². The maximum atomic E-state index is 12.7. The van der Waals surface area contributed by atoms with Gasteiger partial charge in [0.1, 0.15) is 4.21 Å². The third kappa shape index (κ3) is 3.23. The molecular weight excluding hydrogens is 372 g/mol. The molecular formula is C17H16N4O3S2. The number of carbonyl (C=O) groups excluding carboxylic acids is 1. The number of anilines is 1. The van der Waals surface area contributed by atoms with Crippen LogP contribution in [0.5, 0.6) is 0 Å². The van der Waals surface area contributed by atoms with Crippen LogP contribution in [0, 0.1) is 0 Å². The first-order valence-electron chi connectivity index (χ1n) is 8.00. The standard InChI is InChI=1S/C17H16N4O3S2/c22-17(21-8-7-15-13(11-21)10-18-19-15)12-3-5-14(6-4-12)20-26(23,24)16-2-1-9-25-16/h1-6,9-10,20H,7-8,11H2,(H,18,19). The van der Waals surface area contributed by atoms with Crippen LogP contribution >= 0.6 is 11.3 Å². The van der Waals surface area contributed by atoms with Gasteiger partial charge in [-0.1, -0.05) is 6.07 Å². The van der Waals surface area contributed by atoms with E-state index in [2.05, 4.69) is 14.9 Å². The third-order valence-electron chi connectivity index (χ3n) is 4.23. The minimum absolute atomic E-state index is 0.0792. The number of carbonyl (C=O) groups is 1. The Bertz CT molecular complexity index is 1020. The molecule has 26 heavy (non-hydrogen) atoms. The molecule has 1 amide bonds. The smallest absolute Gasteiger partial charge is 0.271 e. The number of sulfonamides is 1. The minimum Gasteiger partial charge on any atom is -0.334 e. The second-order valence-electron chi connectivity index (χ2n) is 5.97. The maximum absolute atomic E-state index is 12.7. The number of fused-ring (bicyclic) bond motifs is 1. The molecule has 1 aromatic carbocycles. The molecule has 0 atom stereocenters. The number of hydrogen-bond acceptors (Lipinski definition) is 5. The second kappa shape index (κ2) is 6.58. The van der Waals surface area contributed by atoms with Gasteiger partial charge >= 0.3 is 0 Å². The van der Waals surface area contributed by atoms with Crippen molar-refractivity contribution in [2.45, 2.75) is 17.2 Å². The van der Waals surface area contributed by atoms with Crippen LogP contribution in [0.25, 0.3) is 0 Å². The number of amides is 1. The van der Waals surface area contributed by atoms with E-state index in [1.807, 2.05) is 0 Å². The largest absolute Gasteiger partial charge is 0.334 e. The Hall–Kier alpha value is -2.65. The van der Waals surface area contributed by atoms with Crippen LogP contribution in [0.1, 0.15) is 21.6 Å². The first-order chi connectivity index (χ1) is 12.5. The quantitative estimate of drug-likeness (QED) is 0.718. The van der Waals surface area contributed by atoms with E-state index < -0.39 is 10.0 Å². The van der Waals surface area contributed by atoms with E-state index in [1.54, 1.807) is 52.9 Å². The zero-order chi connectivity index (χ0) is 18.1. The van der Waals surface area contributed by atoms with Crippen LogP contribution in [0.4, 0.5) is 5.69 Å². The average Bonchev–Trinajstić information content (AvgIpc) is 3.33. The van der Waals surface area contributed by atoms with Crippen molar-refractivity contribution < 1.29 is 13.2 Å². The van der Waals surface area contributed by atoms with Gasteiger partial charge in [0.15, 0.2) is 0 Å². The highest BCUT2D eigenvalue weighted by Crippen LogP contribution is 2.22. The predicted octanol–water partition coefficient (Wildman–Crippen LogP) is 2.47. The molecule has 4 rings (SSSR count). The lowest BCUT2D eigenvalue weighted by Gasteiger charge is -2.26.